The summed E-state index contributed by atoms with van der Waals surface area (Å²) in [5.41, 5.74) is 3.26. The van der Waals surface area contributed by atoms with Crippen molar-refractivity contribution in [2.75, 3.05) is 12.0 Å². The zero-order chi connectivity index (χ0) is 11.4. The third-order valence-corrected chi connectivity index (χ3v) is 1.93. The van der Waals surface area contributed by atoms with E-state index in [4.69, 9.17) is 16.3 Å². The van der Waals surface area contributed by atoms with Crippen molar-refractivity contribution in [2.45, 2.75) is 6.92 Å². The van der Waals surface area contributed by atoms with E-state index in [2.05, 4.69) is 25.8 Å². The molecule has 0 fully saturated rings. The molecule has 0 aliphatic carbocycles. The van der Waals surface area contributed by atoms with E-state index < -0.39 is 0 Å². The van der Waals surface area contributed by atoms with Crippen LogP contribution in [0.5, 0.6) is 0 Å². The van der Waals surface area contributed by atoms with Crippen LogP contribution in [0.1, 0.15) is 6.92 Å². The van der Waals surface area contributed by atoms with E-state index in [-0.39, 0.29) is 5.28 Å². The Kier molecular flexibility index (Phi) is 3.16. The Morgan fingerprint density at radius 2 is 2.44 bits per heavy atom. The van der Waals surface area contributed by atoms with Crippen molar-refractivity contribution in [3.05, 3.63) is 17.4 Å². The zero-order valence-corrected chi connectivity index (χ0v) is 9.22. The average molecular weight is 241 g/mol. The number of halogens is 1. The van der Waals surface area contributed by atoms with Gasteiger partial charge in [-0.1, -0.05) is 0 Å². The molecule has 0 spiro atoms. The van der Waals surface area contributed by atoms with Crippen LogP contribution in [0.25, 0.3) is 5.65 Å². The summed E-state index contributed by atoms with van der Waals surface area (Å²) in [5, 5.41) is 15.6. The maximum absolute atomic E-state index is 5.76. The molecule has 0 unspecified atom stereocenters. The van der Waals surface area contributed by atoms with Crippen molar-refractivity contribution in [1.82, 2.24) is 19.8 Å². The number of ether oxygens (including phenoxy) is 1. The van der Waals surface area contributed by atoms with Crippen LogP contribution < -0.4 is 5.43 Å². The van der Waals surface area contributed by atoms with E-state index in [1.165, 1.54) is 10.9 Å². The summed E-state index contributed by atoms with van der Waals surface area (Å²) in [6.45, 7) is 2.43. The quantitative estimate of drug-likeness (QED) is 0.493. The fourth-order valence-corrected chi connectivity index (χ4v) is 1.19. The highest BCUT2D eigenvalue weighted by Gasteiger charge is 2.03. The normalized spacial score (nSPS) is 11.1. The Labute approximate surface area is 96.1 Å². The number of hydrogen-bond donors (Lipinski definition) is 1. The SMILES string of the molecule is CCO/C=N\Nc1ccc2nnc(Cl)n2n1. The molecule has 7 nitrogen and oxygen atoms in total. The van der Waals surface area contributed by atoms with E-state index in [0.29, 0.717) is 18.1 Å². The van der Waals surface area contributed by atoms with Gasteiger partial charge in [-0.15, -0.1) is 20.4 Å². The second-order valence-electron chi connectivity index (χ2n) is 2.76. The molecule has 16 heavy (non-hydrogen) atoms. The van der Waals surface area contributed by atoms with E-state index in [0.717, 1.165) is 0 Å². The van der Waals surface area contributed by atoms with Crippen LogP contribution in [-0.2, 0) is 4.74 Å². The largest absolute Gasteiger partial charge is 0.482 e. The first kappa shape index (κ1) is 10.6. The molecule has 0 amide bonds. The van der Waals surface area contributed by atoms with Crippen molar-refractivity contribution in [3.8, 4) is 0 Å². The Morgan fingerprint density at radius 3 is 3.25 bits per heavy atom. The maximum atomic E-state index is 5.76. The average Bonchev–Trinajstić information content (AvgIpc) is 2.67. The van der Waals surface area contributed by atoms with Gasteiger partial charge in [0.2, 0.25) is 5.28 Å². The maximum Gasteiger partial charge on any atom is 0.246 e. The number of nitrogens with one attached hydrogen (secondary N) is 1. The Balaban J connectivity index is 2.15. The number of fused-ring (bicyclic) bond motifs is 1. The standard InChI is InChI=1S/C8H9ClN6O/c1-2-16-5-10-11-6-3-4-7-12-13-8(9)15(7)14-6/h3-5H,2H2,1H3,(H,11,14)/b10-5-. The molecule has 2 aromatic heterocycles. The predicted molar refractivity (Wildman–Crippen MR) is 59.5 cm³/mol. The van der Waals surface area contributed by atoms with Gasteiger partial charge in [0.15, 0.2) is 17.9 Å². The lowest BCUT2D eigenvalue weighted by atomic mass is 10.5. The molecule has 0 bridgehead atoms. The molecule has 2 heterocycles. The number of aromatic nitrogens is 4. The molecule has 0 aliphatic rings. The fraction of sp³-hybridized carbons (Fsp3) is 0.250. The molecular weight excluding hydrogens is 232 g/mol. The first-order valence-electron chi connectivity index (χ1n) is 4.58. The van der Waals surface area contributed by atoms with Crippen LogP contribution in [0.15, 0.2) is 17.2 Å². The third kappa shape index (κ3) is 2.19. The van der Waals surface area contributed by atoms with Gasteiger partial charge in [-0.3, -0.25) is 5.43 Å². The topological polar surface area (TPSA) is 76.7 Å². The van der Waals surface area contributed by atoms with Gasteiger partial charge in [0.1, 0.15) is 0 Å². The summed E-state index contributed by atoms with van der Waals surface area (Å²) >= 11 is 5.76. The van der Waals surface area contributed by atoms with Crippen molar-refractivity contribution < 1.29 is 4.74 Å². The van der Waals surface area contributed by atoms with Gasteiger partial charge in [0.25, 0.3) is 0 Å². The van der Waals surface area contributed by atoms with Crippen LogP contribution in [0.2, 0.25) is 5.28 Å². The van der Waals surface area contributed by atoms with Crippen molar-refractivity contribution in [3.63, 3.8) is 0 Å². The number of anilines is 1. The molecule has 8 heteroatoms. The minimum Gasteiger partial charge on any atom is -0.482 e. The summed E-state index contributed by atoms with van der Waals surface area (Å²) < 4.78 is 6.31. The third-order valence-electron chi connectivity index (χ3n) is 1.70. The minimum atomic E-state index is 0.201. The molecule has 0 radical (unpaired) electrons. The summed E-state index contributed by atoms with van der Waals surface area (Å²) in [6.07, 6.45) is 1.31. The lowest BCUT2D eigenvalue weighted by Crippen LogP contribution is -1.99. The van der Waals surface area contributed by atoms with Gasteiger partial charge in [-0.2, -0.15) is 4.52 Å². The Morgan fingerprint density at radius 1 is 1.56 bits per heavy atom. The number of nitrogens with zero attached hydrogens (tertiary/aromatic N) is 5. The van der Waals surface area contributed by atoms with Gasteiger partial charge in [0.05, 0.1) is 6.61 Å². The number of hydrogen-bond acceptors (Lipinski definition) is 6. The van der Waals surface area contributed by atoms with Crippen LogP contribution in [0, 0.1) is 0 Å². The van der Waals surface area contributed by atoms with Gasteiger partial charge < -0.3 is 4.74 Å². The summed E-state index contributed by atoms with van der Waals surface area (Å²) in [5.74, 6) is 0.519. The minimum absolute atomic E-state index is 0.201. The molecule has 2 aromatic rings. The Bertz CT molecular complexity index is 510. The van der Waals surface area contributed by atoms with Crippen molar-refractivity contribution in [1.29, 1.82) is 0 Å². The second kappa shape index (κ2) is 4.75. The number of rotatable bonds is 4. The van der Waals surface area contributed by atoms with E-state index in [9.17, 15) is 0 Å². The zero-order valence-electron chi connectivity index (χ0n) is 8.46. The molecule has 2 rings (SSSR count). The smallest absolute Gasteiger partial charge is 0.246 e. The van der Waals surface area contributed by atoms with Crippen LogP contribution >= 0.6 is 11.6 Å². The molecule has 0 aliphatic heterocycles. The predicted octanol–water partition coefficient (Wildman–Crippen LogP) is 1.17. The van der Waals surface area contributed by atoms with Gasteiger partial charge in [0, 0.05) is 0 Å². The fourth-order valence-electron chi connectivity index (χ4n) is 1.03. The summed E-state index contributed by atoms with van der Waals surface area (Å²) in [7, 11) is 0. The Hall–Kier alpha value is -1.89. The highest BCUT2D eigenvalue weighted by Crippen LogP contribution is 2.09. The van der Waals surface area contributed by atoms with Gasteiger partial charge >= 0.3 is 0 Å². The molecule has 84 valence electrons. The summed E-state index contributed by atoms with van der Waals surface area (Å²) in [6, 6.07) is 3.44. The summed E-state index contributed by atoms with van der Waals surface area (Å²) in [4.78, 5) is 0. The van der Waals surface area contributed by atoms with Crippen LogP contribution in [-0.4, -0.2) is 32.8 Å². The van der Waals surface area contributed by atoms with E-state index >= 15 is 0 Å². The van der Waals surface area contributed by atoms with Gasteiger partial charge in [-0.25, -0.2) is 0 Å². The molecule has 0 atom stereocenters. The van der Waals surface area contributed by atoms with Gasteiger partial charge in [-0.05, 0) is 30.7 Å². The lowest BCUT2D eigenvalue weighted by molar-refractivity contribution is 0.343. The second-order valence-corrected chi connectivity index (χ2v) is 3.10. The first-order valence-corrected chi connectivity index (χ1v) is 4.96. The first-order chi connectivity index (χ1) is 7.81. The number of hydrazone groups is 1. The van der Waals surface area contributed by atoms with Crippen LogP contribution in [0.3, 0.4) is 0 Å². The molecule has 1 N–H and O–H groups in total. The molecule has 0 saturated heterocycles. The van der Waals surface area contributed by atoms with E-state index in [1.807, 2.05) is 6.92 Å². The monoisotopic (exact) mass is 240 g/mol. The molecular formula is C8H9ClN6O. The molecule has 0 saturated carbocycles. The highest BCUT2D eigenvalue weighted by atomic mass is 35.5. The molecule has 0 aromatic carbocycles. The van der Waals surface area contributed by atoms with Crippen LogP contribution in [0.4, 0.5) is 5.82 Å². The van der Waals surface area contributed by atoms with Crippen molar-refractivity contribution >= 4 is 29.5 Å². The highest BCUT2D eigenvalue weighted by molar-refractivity contribution is 6.28. The van der Waals surface area contributed by atoms with E-state index in [1.54, 1.807) is 12.1 Å². The lowest BCUT2D eigenvalue weighted by Gasteiger charge is -1.99. The van der Waals surface area contributed by atoms with Crippen molar-refractivity contribution in [2.24, 2.45) is 5.10 Å².